The van der Waals surface area contributed by atoms with Crippen LogP contribution < -0.4 is 5.32 Å². The molecule has 2 rings (SSSR count). The van der Waals surface area contributed by atoms with Crippen molar-refractivity contribution in [2.24, 2.45) is 0 Å². The number of aliphatic carboxylic acids is 1. The van der Waals surface area contributed by atoms with Gasteiger partial charge >= 0.3 is 12.0 Å². The number of carboxylic acids is 1. The van der Waals surface area contributed by atoms with Gasteiger partial charge in [0.15, 0.2) is 0 Å². The number of hydrogen-bond donors (Lipinski definition) is 2. The second kappa shape index (κ2) is 5.38. The van der Waals surface area contributed by atoms with Crippen molar-refractivity contribution in [1.82, 2.24) is 10.2 Å². The van der Waals surface area contributed by atoms with Crippen molar-refractivity contribution in [3.8, 4) is 0 Å². The van der Waals surface area contributed by atoms with Crippen LogP contribution in [0.25, 0.3) is 0 Å². The largest absolute Gasteiger partial charge is 0.480 e. The summed E-state index contributed by atoms with van der Waals surface area (Å²) in [6.07, 6.45) is 3.64. The number of likely N-dealkylation sites (tertiary alicyclic amines) is 1. The number of hydrogen-bond acceptors (Lipinski definition) is 3. The molecule has 6 heteroatoms. The summed E-state index contributed by atoms with van der Waals surface area (Å²) in [5.74, 6) is 0.252. The molecule has 0 radical (unpaired) electrons. The van der Waals surface area contributed by atoms with Crippen LogP contribution in [0, 0.1) is 0 Å². The van der Waals surface area contributed by atoms with Crippen molar-refractivity contribution < 1.29 is 14.7 Å². The molecule has 2 unspecified atom stereocenters. The van der Waals surface area contributed by atoms with Gasteiger partial charge in [-0.15, -0.1) is 0 Å². The number of amides is 2. The highest BCUT2D eigenvalue weighted by Gasteiger charge is 2.45. The summed E-state index contributed by atoms with van der Waals surface area (Å²) in [7, 11) is 0. The Kier molecular flexibility index (Phi) is 4.04. The van der Waals surface area contributed by atoms with Gasteiger partial charge in [0.25, 0.3) is 0 Å². The molecule has 5 nitrogen and oxygen atoms in total. The van der Waals surface area contributed by atoms with Gasteiger partial charge in [0.05, 0.1) is 0 Å². The number of thioether (sulfide) groups is 1. The molecule has 0 spiro atoms. The third kappa shape index (κ3) is 2.58. The SMILES string of the molecule is CC1(C(=O)O)CCCN1C(=O)NCC1CCCS1. The summed E-state index contributed by atoms with van der Waals surface area (Å²) in [5.41, 5.74) is -1.03. The van der Waals surface area contributed by atoms with E-state index in [1.807, 2.05) is 11.8 Å². The van der Waals surface area contributed by atoms with Crippen LogP contribution in [0.2, 0.25) is 0 Å². The van der Waals surface area contributed by atoms with Crippen molar-refractivity contribution in [2.45, 2.75) is 43.4 Å². The molecule has 2 heterocycles. The zero-order valence-electron chi connectivity index (χ0n) is 10.6. The highest BCUT2D eigenvalue weighted by molar-refractivity contribution is 8.00. The second-order valence-electron chi connectivity index (χ2n) is 5.16. The highest BCUT2D eigenvalue weighted by atomic mass is 32.2. The molecular formula is C12H20N2O3S. The lowest BCUT2D eigenvalue weighted by Gasteiger charge is -2.31. The molecule has 0 bridgehead atoms. The van der Waals surface area contributed by atoms with E-state index in [-0.39, 0.29) is 6.03 Å². The summed E-state index contributed by atoms with van der Waals surface area (Å²) >= 11 is 1.88. The number of carbonyl (C=O) groups excluding carboxylic acids is 1. The molecule has 0 saturated carbocycles. The second-order valence-corrected chi connectivity index (χ2v) is 6.56. The normalized spacial score (nSPS) is 31.6. The number of nitrogens with zero attached hydrogens (tertiary/aromatic N) is 1. The van der Waals surface area contributed by atoms with Crippen molar-refractivity contribution in [1.29, 1.82) is 0 Å². The Balaban J connectivity index is 1.89. The van der Waals surface area contributed by atoms with Gasteiger partial charge in [-0.05, 0) is 38.4 Å². The molecular weight excluding hydrogens is 252 g/mol. The van der Waals surface area contributed by atoms with Gasteiger partial charge in [-0.1, -0.05) is 0 Å². The fourth-order valence-electron chi connectivity index (χ4n) is 2.61. The number of carbonyl (C=O) groups is 2. The molecule has 2 atom stereocenters. The standard InChI is InChI=1S/C12H20N2O3S/c1-12(10(15)16)5-3-6-14(12)11(17)13-8-9-4-2-7-18-9/h9H,2-8H2,1H3,(H,13,17)(H,15,16). The Labute approximate surface area is 111 Å². The van der Waals surface area contributed by atoms with Gasteiger partial charge in [0.1, 0.15) is 5.54 Å². The fourth-order valence-corrected chi connectivity index (χ4v) is 3.81. The molecule has 2 N–H and O–H groups in total. The number of carboxylic acid groups (broad SMARTS) is 1. The lowest BCUT2D eigenvalue weighted by molar-refractivity contribution is -0.147. The maximum Gasteiger partial charge on any atom is 0.329 e. The predicted octanol–water partition coefficient (Wildman–Crippen LogP) is 1.53. The van der Waals surface area contributed by atoms with Crippen LogP contribution in [0.5, 0.6) is 0 Å². The van der Waals surface area contributed by atoms with Crippen molar-refractivity contribution in [3.63, 3.8) is 0 Å². The minimum absolute atomic E-state index is 0.232. The van der Waals surface area contributed by atoms with E-state index < -0.39 is 11.5 Å². The van der Waals surface area contributed by atoms with E-state index in [9.17, 15) is 14.7 Å². The summed E-state index contributed by atoms with van der Waals surface area (Å²) < 4.78 is 0. The van der Waals surface area contributed by atoms with Crippen LogP contribution in [0.15, 0.2) is 0 Å². The van der Waals surface area contributed by atoms with E-state index in [1.165, 1.54) is 11.3 Å². The topological polar surface area (TPSA) is 69.6 Å². The first-order valence-electron chi connectivity index (χ1n) is 6.44. The van der Waals surface area contributed by atoms with Gasteiger partial charge in [-0.2, -0.15) is 11.8 Å². The molecule has 2 aliphatic heterocycles. The molecule has 2 amide bonds. The summed E-state index contributed by atoms with van der Waals surface area (Å²) in [6, 6.07) is -0.232. The predicted molar refractivity (Wildman–Crippen MR) is 70.9 cm³/mol. The zero-order chi connectivity index (χ0) is 13.2. The first kappa shape index (κ1) is 13.5. The van der Waals surface area contributed by atoms with Gasteiger partial charge in [0, 0.05) is 18.3 Å². The Morgan fingerprint density at radius 3 is 2.89 bits per heavy atom. The molecule has 0 aliphatic carbocycles. The molecule has 0 aromatic carbocycles. The monoisotopic (exact) mass is 272 g/mol. The Morgan fingerprint density at radius 1 is 1.50 bits per heavy atom. The zero-order valence-corrected chi connectivity index (χ0v) is 11.5. The molecule has 102 valence electrons. The quantitative estimate of drug-likeness (QED) is 0.817. The van der Waals surface area contributed by atoms with Crippen LogP contribution in [-0.4, -0.2) is 51.6 Å². The maximum absolute atomic E-state index is 12.1. The van der Waals surface area contributed by atoms with E-state index in [1.54, 1.807) is 6.92 Å². The molecule has 0 aromatic rings. The first-order valence-corrected chi connectivity index (χ1v) is 7.49. The molecule has 0 aromatic heterocycles. The number of nitrogens with one attached hydrogen (secondary N) is 1. The molecule has 2 aliphatic rings. The highest BCUT2D eigenvalue weighted by Crippen LogP contribution is 2.29. The van der Waals surface area contributed by atoms with Crippen LogP contribution in [-0.2, 0) is 4.79 Å². The van der Waals surface area contributed by atoms with E-state index in [0.29, 0.717) is 24.8 Å². The molecule has 2 saturated heterocycles. The first-order chi connectivity index (χ1) is 8.54. The van der Waals surface area contributed by atoms with Crippen molar-refractivity contribution >= 4 is 23.8 Å². The Hall–Kier alpha value is -0.910. The van der Waals surface area contributed by atoms with Crippen LogP contribution in [0.3, 0.4) is 0 Å². The lowest BCUT2D eigenvalue weighted by Crippen LogP contribution is -2.54. The van der Waals surface area contributed by atoms with E-state index in [0.717, 1.165) is 18.6 Å². The van der Waals surface area contributed by atoms with Crippen LogP contribution in [0.1, 0.15) is 32.6 Å². The van der Waals surface area contributed by atoms with Crippen molar-refractivity contribution in [2.75, 3.05) is 18.8 Å². The summed E-state index contributed by atoms with van der Waals surface area (Å²) in [4.78, 5) is 24.8. The fraction of sp³-hybridized carbons (Fsp3) is 0.833. The maximum atomic E-state index is 12.1. The smallest absolute Gasteiger partial charge is 0.329 e. The average molecular weight is 272 g/mol. The average Bonchev–Trinajstić information content (AvgIpc) is 2.95. The van der Waals surface area contributed by atoms with Gasteiger partial charge in [-0.25, -0.2) is 9.59 Å². The Morgan fingerprint density at radius 2 is 2.28 bits per heavy atom. The van der Waals surface area contributed by atoms with Gasteiger partial charge < -0.3 is 15.3 Å². The number of rotatable bonds is 3. The van der Waals surface area contributed by atoms with Crippen LogP contribution >= 0.6 is 11.8 Å². The Bertz CT molecular complexity index is 344. The van der Waals surface area contributed by atoms with E-state index in [4.69, 9.17) is 0 Å². The van der Waals surface area contributed by atoms with Crippen LogP contribution in [0.4, 0.5) is 4.79 Å². The summed E-state index contributed by atoms with van der Waals surface area (Å²) in [6.45, 7) is 2.81. The van der Waals surface area contributed by atoms with Crippen molar-refractivity contribution in [3.05, 3.63) is 0 Å². The lowest BCUT2D eigenvalue weighted by atomic mass is 10.00. The molecule has 18 heavy (non-hydrogen) atoms. The van der Waals surface area contributed by atoms with E-state index in [2.05, 4.69) is 5.32 Å². The number of urea groups is 1. The summed E-state index contributed by atoms with van der Waals surface area (Å²) in [5, 5.41) is 12.6. The third-order valence-electron chi connectivity index (χ3n) is 3.85. The van der Waals surface area contributed by atoms with E-state index >= 15 is 0 Å². The third-order valence-corrected chi connectivity index (χ3v) is 5.25. The minimum Gasteiger partial charge on any atom is -0.480 e. The van der Waals surface area contributed by atoms with Gasteiger partial charge in [-0.3, -0.25) is 0 Å². The minimum atomic E-state index is -1.03. The molecule has 2 fully saturated rings. The van der Waals surface area contributed by atoms with Gasteiger partial charge in [0.2, 0.25) is 0 Å².